The minimum atomic E-state index is -0.167. The van der Waals surface area contributed by atoms with Gasteiger partial charge in [-0.3, -0.25) is 4.79 Å². The number of thioether (sulfide) groups is 1. The molecule has 3 aromatic rings. The van der Waals surface area contributed by atoms with Crippen molar-refractivity contribution in [2.45, 2.75) is 10.9 Å². The number of hydrogen-bond donors (Lipinski definition) is 1. The van der Waals surface area contributed by atoms with E-state index in [1.54, 1.807) is 35.4 Å². The minimum Gasteiger partial charge on any atom is -0.366 e. The third-order valence-corrected chi connectivity index (χ3v) is 6.15. The number of benzene rings is 1. The van der Waals surface area contributed by atoms with Crippen LogP contribution in [0.2, 0.25) is 0 Å². The molecule has 4 rings (SSSR count). The average molecular weight is 359 g/mol. The number of fused-ring (bicyclic) bond motifs is 1. The fraction of sp³-hybridized carbons (Fsp3) is 0.312. The molecule has 124 valence electrons. The SMILES string of the molecule is CSc1ccc2nc(N(C)C3CN(c4cn[nH]c(=O)c4)C3)sc2c1. The third kappa shape index (κ3) is 2.76. The van der Waals surface area contributed by atoms with Gasteiger partial charge in [0.15, 0.2) is 5.13 Å². The van der Waals surface area contributed by atoms with Crippen molar-refractivity contribution in [3.8, 4) is 0 Å². The summed E-state index contributed by atoms with van der Waals surface area (Å²) < 4.78 is 1.22. The van der Waals surface area contributed by atoms with E-state index in [2.05, 4.69) is 51.5 Å². The predicted octanol–water partition coefficient (Wildman–Crippen LogP) is 2.43. The number of anilines is 2. The number of aromatic amines is 1. The number of thiazole rings is 1. The first-order valence-corrected chi connectivity index (χ1v) is 9.65. The van der Waals surface area contributed by atoms with Gasteiger partial charge in [0, 0.05) is 31.1 Å². The van der Waals surface area contributed by atoms with E-state index in [0.29, 0.717) is 6.04 Å². The zero-order valence-corrected chi connectivity index (χ0v) is 15.0. The Kier molecular flexibility index (Phi) is 3.93. The number of likely N-dealkylation sites (N-methyl/N-ethyl adjacent to an activating group) is 1. The number of H-pyrrole nitrogens is 1. The Morgan fingerprint density at radius 1 is 1.38 bits per heavy atom. The van der Waals surface area contributed by atoms with Gasteiger partial charge in [-0.1, -0.05) is 11.3 Å². The molecule has 8 heteroatoms. The molecule has 0 amide bonds. The Labute approximate surface area is 147 Å². The summed E-state index contributed by atoms with van der Waals surface area (Å²) >= 11 is 3.47. The summed E-state index contributed by atoms with van der Waals surface area (Å²) in [7, 11) is 2.09. The summed E-state index contributed by atoms with van der Waals surface area (Å²) in [5.41, 5.74) is 1.76. The van der Waals surface area contributed by atoms with E-state index in [1.807, 2.05) is 0 Å². The molecule has 0 spiro atoms. The van der Waals surface area contributed by atoms with Crippen molar-refractivity contribution in [2.24, 2.45) is 0 Å². The number of nitrogens with one attached hydrogen (secondary N) is 1. The lowest BCUT2D eigenvalue weighted by atomic mass is 10.1. The molecule has 6 nitrogen and oxygen atoms in total. The second-order valence-electron chi connectivity index (χ2n) is 5.80. The number of aromatic nitrogens is 3. The fourth-order valence-electron chi connectivity index (χ4n) is 2.78. The van der Waals surface area contributed by atoms with E-state index in [0.717, 1.165) is 29.4 Å². The van der Waals surface area contributed by atoms with Crippen LogP contribution in [0, 0.1) is 0 Å². The van der Waals surface area contributed by atoms with Crippen molar-refractivity contribution in [3.05, 3.63) is 40.8 Å². The maximum Gasteiger partial charge on any atom is 0.266 e. The van der Waals surface area contributed by atoms with E-state index in [9.17, 15) is 4.79 Å². The summed E-state index contributed by atoms with van der Waals surface area (Å²) in [5, 5.41) is 7.30. The molecule has 1 saturated heterocycles. The summed E-state index contributed by atoms with van der Waals surface area (Å²) in [6, 6.07) is 8.38. The van der Waals surface area contributed by atoms with E-state index in [1.165, 1.54) is 9.60 Å². The van der Waals surface area contributed by atoms with E-state index >= 15 is 0 Å². The Morgan fingerprint density at radius 3 is 2.96 bits per heavy atom. The van der Waals surface area contributed by atoms with Crippen LogP contribution in [0.4, 0.5) is 10.8 Å². The molecule has 0 aliphatic carbocycles. The van der Waals surface area contributed by atoms with Gasteiger partial charge in [-0.25, -0.2) is 10.1 Å². The summed E-state index contributed by atoms with van der Waals surface area (Å²) in [5.74, 6) is 0. The van der Waals surface area contributed by atoms with Crippen LogP contribution >= 0.6 is 23.1 Å². The zero-order valence-electron chi connectivity index (χ0n) is 13.4. The Bertz CT molecular complexity index is 931. The van der Waals surface area contributed by atoms with Gasteiger partial charge < -0.3 is 9.80 Å². The van der Waals surface area contributed by atoms with Crippen LogP contribution in [-0.2, 0) is 0 Å². The Hall–Kier alpha value is -2.06. The molecule has 0 bridgehead atoms. The molecule has 24 heavy (non-hydrogen) atoms. The molecular weight excluding hydrogens is 342 g/mol. The van der Waals surface area contributed by atoms with Crippen LogP contribution in [0.3, 0.4) is 0 Å². The lowest BCUT2D eigenvalue weighted by Crippen LogP contribution is -2.59. The van der Waals surface area contributed by atoms with E-state index in [4.69, 9.17) is 4.98 Å². The number of nitrogens with zero attached hydrogens (tertiary/aromatic N) is 4. The molecule has 1 aliphatic rings. The maximum absolute atomic E-state index is 11.4. The molecule has 3 heterocycles. The largest absolute Gasteiger partial charge is 0.366 e. The summed E-state index contributed by atoms with van der Waals surface area (Å²) in [6.45, 7) is 1.74. The van der Waals surface area contributed by atoms with Gasteiger partial charge in [-0.15, -0.1) is 11.8 Å². The first-order valence-electron chi connectivity index (χ1n) is 7.61. The highest BCUT2D eigenvalue weighted by Crippen LogP contribution is 2.33. The van der Waals surface area contributed by atoms with Gasteiger partial charge in [0.05, 0.1) is 28.1 Å². The molecule has 0 radical (unpaired) electrons. The lowest BCUT2D eigenvalue weighted by molar-refractivity contribution is 0.495. The van der Waals surface area contributed by atoms with Crippen molar-refractivity contribution >= 4 is 44.1 Å². The quantitative estimate of drug-likeness (QED) is 0.722. The molecule has 0 atom stereocenters. The first kappa shape index (κ1) is 15.5. The minimum absolute atomic E-state index is 0.167. The second-order valence-corrected chi connectivity index (χ2v) is 7.69. The van der Waals surface area contributed by atoms with Crippen LogP contribution in [0.1, 0.15) is 0 Å². The van der Waals surface area contributed by atoms with E-state index < -0.39 is 0 Å². The predicted molar refractivity (Wildman–Crippen MR) is 101 cm³/mol. The normalized spacial score (nSPS) is 14.8. The standard InChI is InChI=1S/C16H17N5OS2/c1-20(11-8-21(9-11)10-5-15(22)19-17-7-10)16-18-13-4-3-12(23-2)6-14(13)24-16/h3-7,11H,8-9H2,1-2H3,(H,19,22). The van der Waals surface area contributed by atoms with Gasteiger partial charge in [0.25, 0.3) is 5.56 Å². The first-order chi connectivity index (χ1) is 11.6. The molecule has 0 saturated carbocycles. The summed E-state index contributed by atoms with van der Waals surface area (Å²) in [4.78, 5) is 21.8. The van der Waals surface area contributed by atoms with E-state index in [-0.39, 0.29) is 5.56 Å². The number of rotatable bonds is 4. The fourth-order valence-corrected chi connectivity index (χ4v) is 4.33. The smallest absolute Gasteiger partial charge is 0.266 e. The molecular formula is C16H17N5OS2. The average Bonchev–Trinajstić information content (AvgIpc) is 2.96. The maximum atomic E-state index is 11.4. The highest BCUT2D eigenvalue weighted by molar-refractivity contribution is 7.98. The Balaban J connectivity index is 1.49. The van der Waals surface area contributed by atoms with Gasteiger partial charge in [-0.05, 0) is 24.5 Å². The zero-order chi connectivity index (χ0) is 16.7. The van der Waals surface area contributed by atoms with Crippen LogP contribution in [0.5, 0.6) is 0 Å². The van der Waals surface area contributed by atoms with Gasteiger partial charge in [-0.2, -0.15) is 5.10 Å². The molecule has 1 aliphatic heterocycles. The molecule has 1 fully saturated rings. The van der Waals surface area contributed by atoms with Gasteiger partial charge >= 0.3 is 0 Å². The van der Waals surface area contributed by atoms with Crippen LogP contribution in [0.25, 0.3) is 10.2 Å². The van der Waals surface area contributed by atoms with Crippen molar-refractivity contribution < 1.29 is 0 Å². The Morgan fingerprint density at radius 2 is 2.21 bits per heavy atom. The monoisotopic (exact) mass is 359 g/mol. The highest BCUT2D eigenvalue weighted by Gasteiger charge is 2.32. The highest BCUT2D eigenvalue weighted by atomic mass is 32.2. The van der Waals surface area contributed by atoms with Crippen molar-refractivity contribution in [3.63, 3.8) is 0 Å². The number of hydrogen-bond acceptors (Lipinski definition) is 7. The van der Waals surface area contributed by atoms with Gasteiger partial charge in [0.2, 0.25) is 0 Å². The topological polar surface area (TPSA) is 65.1 Å². The summed E-state index contributed by atoms with van der Waals surface area (Å²) in [6.07, 6.45) is 3.78. The third-order valence-electron chi connectivity index (χ3n) is 4.31. The second kappa shape index (κ2) is 6.10. The van der Waals surface area contributed by atoms with Crippen LogP contribution in [-0.4, -0.2) is 47.6 Å². The van der Waals surface area contributed by atoms with Crippen LogP contribution in [0.15, 0.2) is 40.2 Å². The molecule has 2 aromatic heterocycles. The molecule has 1 aromatic carbocycles. The van der Waals surface area contributed by atoms with Gasteiger partial charge in [0.1, 0.15) is 0 Å². The van der Waals surface area contributed by atoms with Crippen molar-refractivity contribution in [1.29, 1.82) is 0 Å². The van der Waals surface area contributed by atoms with Crippen LogP contribution < -0.4 is 15.4 Å². The van der Waals surface area contributed by atoms with Crippen molar-refractivity contribution in [2.75, 3.05) is 36.2 Å². The molecule has 0 unspecified atom stereocenters. The lowest BCUT2D eigenvalue weighted by Gasteiger charge is -2.45. The molecule has 1 N–H and O–H groups in total. The van der Waals surface area contributed by atoms with Crippen molar-refractivity contribution in [1.82, 2.24) is 15.2 Å².